The molecule has 1 atom stereocenters. The van der Waals surface area contributed by atoms with E-state index in [1.165, 1.54) is 4.68 Å². The zero-order valence-corrected chi connectivity index (χ0v) is 19.2. The van der Waals surface area contributed by atoms with Crippen molar-refractivity contribution in [2.24, 2.45) is 5.92 Å². The molecule has 1 aliphatic heterocycles. The van der Waals surface area contributed by atoms with Gasteiger partial charge in [0.15, 0.2) is 0 Å². The normalized spacial score (nSPS) is 14.3. The Morgan fingerprint density at radius 1 is 1.27 bits per heavy atom. The highest BCUT2D eigenvalue weighted by Crippen LogP contribution is 2.38. The summed E-state index contributed by atoms with van der Waals surface area (Å²) in [6, 6.07) is 9.03. The Bertz CT molecular complexity index is 1250. The van der Waals surface area contributed by atoms with E-state index < -0.39 is 5.69 Å². The molecule has 0 radical (unpaired) electrons. The maximum Gasteiger partial charge on any atom is 0.365 e. The molecule has 2 aromatic carbocycles. The Hall–Kier alpha value is -3.46. The molecule has 4 rings (SSSR count). The van der Waals surface area contributed by atoms with Gasteiger partial charge in [0.2, 0.25) is 0 Å². The first-order valence-corrected chi connectivity index (χ1v) is 10.9. The minimum absolute atomic E-state index is 0.0762. The number of aryl methyl sites for hydroxylation is 1. The number of ether oxygens (including phenoxy) is 1. The smallest absolute Gasteiger partial charge is 0.365 e. The summed E-state index contributed by atoms with van der Waals surface area (Å²) in [6.07, 6.45) is 2.61. The summed E-state index contributed by atoms with van der Waals surface area (Å²) in [7, 11) is 1.59. The van der Waals surface area contributed by atoms with Crippen molar-refractivity contribution in [3.8, 4) is 5.75 Å². The third-order valence-corrected chi connectivity index (χ3v) is 6.13. The van der Waals surface area contributed by atoms with E-state index in [9.17, 15) is 14.3 Å². The third-order valence-electron chi connectivity index (χ3n) is 6.13. The second kappa shape index (κ2) is 9.19. The van der Waals surface area contributed by atoms with Crippen molar-refractivity contribution < 1.29 is 14.2 Å². The molecule has 8 nitrogen and oxygen atoms in total. The lowest BCUT2D eigenvalue weighted by molar-refractivity contribution is 0.236. The summed E-state index contributed by atoms with van der Waals surface area (Å²) < 4.78 is 21.6. The first-order valence-electron chi connectivity index (χ1n) is 10.9. The fourth-order valence-electron chi connectivity index (χ4n) is 4.31. The van der Waals surface area contributed by atoms with E-state index in [0.717, 1.165) is 16.8 Å². The van der Waals surface area contributed by atoms with Crippen LogP contribution in [0.1, 0.15) is 36.1 Å². The van der Waals surface area contributed by atoms with Crippen LogP contribution in [0, 0.1) is 18.7 Å². The van der Waals surface area contributed by atoms with E-state index in [1.807, 2.05) is 43.1 Å². The number of allylic oxidation sites excluding steroid dienone is 1. The number of rotatable bonds is 7. The van der Waals surface area contributed by atoms with Crippen molar-refractivity contribution in [1.82, 2.24) is 20.2 Å². The van der Waals surface area contributed by atoms with Gasteiger partial charge in [-0.1, -0.05) is 32.0 Å². The number of hydrogen-bond acceptors (Lipinski definition) is 6. The van der Waals surface area contributed by atoms with Crippen molar-refractivity contribution >= 4 is 11.4 Å². The molecule has 174 valence electrons. The summed E-state index contributed by atoms with van der Waals surface area (Å²) in [5.74, 6) is 0.531. The van der Waals surface area contributed by atoms with Crippen molar-refractivity contribution in [1.29, 1.82) is 0 Å². The van der Waals surface area contributed by atoms with E-state index in [2.05, 4.69) is 15.5 Å². The largest absolute Gasteiger partial charge is 0.496 e. The molecule has 2 N–H and O–H groups in total. The molecule has 2 heterocycles. The van der Waals surface area contributed by atoms with Crippen LogP contribution in [0.2, 0.25) is 0 Å². The second-order valence-electron chi connectivity index (χ2n) is 8.63. The van der Waals surface area contributed by atoms with E-state index in [4.69, 9.17) is 4.74 Å². The average Bonchev–Trinajstić information content (AvgIpc) is 3.22. The molecular weight excluding hydrogens is 425 g/mol. The standard InChI is InChI=1S/C24H28FN5O3/c1-14(2)21(13-31)29-12-19(30-24(32)26-27-28-30)10-17-9-18(22(33-4)11-20(17)29)8-16-7-5-6-15(3)23(16)25/h5-7,9,11-12,14,21,31H,8,10,13H2,1-4H3,(H,26,28,32)/t21-/m1/s1. The number of tetrazole rings is 1. The van der Waals surface area contributed by atoms with Gasteiger partial charge in [-0.05, 0) is 51.6 Å². The van der Waals surface area contributed by atoms with Crippen LogP contribution in [0.15, 0.2) is 41.3 Å². The monoisotopic (exact) mass is 453 g/mol. The zero-order chi connectivity index (χ0) is 23.7. The minimum atomic E-state index is -0.440. The lowest BCUT2D eigenvalue weighted by atomic mass is 9.93. The van der Waals surface area contributed by atoms with Gasteiger partial charge in [-0.3, -0.25) is 0 Å². The van der Waals surface area contributed by atoms with Crippen molar-refractivity contribution in [2.45, 2.75) is 39.7 Å². The molecule has 0 aliphatic carbocycles. The molecule has 0 amide bonds. The van der Waals surface area contributed by atoms with Crippen molar-refractivity contribution in [3.05, 3.63) is 75.1 Å². The van der Waals surface area contributed by atoms with E-state index >= 15 is 0 Å². The van der Waals surface area contributed by atoms with Gasteiger partial charge in [0.05, 0.1) is 25.5 Å². The molecule has 1 aliphatic rings. The molecule has 0 bridgehead atoms. The predicted octanol–water partition coefficient (Wildman–Crippen LogP) is 2.89. The number of anilines is 1. The number of aromatic nitrogens is 4. The molecule has 3 aromatic rings. The van der Waals surface area contributed by atoms with Crippen LogP contribution in [-0.2, 0) is 12.8 Å². The second-order valence-corrected chi connectivity index (χ2v) is 8.63. The number of fused-ring (bicyclic) bond motifs is 1. The molecule has 1 aromatic heterocycles. The summed E-state index contributed by atoms with van der Waals surface area (Å²) in [5.41, 5.74) is 3.98. The highest BCUT2D eigenvalue weighted by molar-refractivity contribution is 5.72. The first kappa shape index (κ1) is 22.7. The van der Waals surface area contributed by atoms with E-state index in [0.29, 0.717) is 35.4 Å². The lowest BCUT2D eigenvalue weighted by Gasteiger charge is -2.37. The minimum Gasteiger partial charge on any atom is -0.496 e. The number of hydrogen-bond donors (Lipinski definition) is 2. The number of methoxy groups -OCH3 is 1. The Morgan fingerprint density at radius 2 is 2.06 bits per heavy atom. The quantitative estimate of drug-likeness (QED) is 0.571. The Morgan fingerprint density at radius 3 is 2.70 bits per heavy atom. The van der Waals surface area contributed by atoms with Crippen LogP contribution in [-0.4, -0.2) is 45.1 Å². The molecule has 0 spiro atoms. The molecule has 0 saturated carbocycles. The number of nitrogens with zero attached hydrogens (tertiary/aromatic N) is 4. The van der Waals surface area contributed by atoms with Crippen LogP contribution in [0.3, 0.4) is 0 Å². The molecule has 0 fully saturated rings. The summed E-state index contributed by atoms with van der Waals surface area (Å²) in [4.78, 5) is 14.2. The summed E-state index contributed by atoms with van der Waals surface area (Å²) in [6.45, 7) is 5.72. The number of benzene rings is 2. The lowest BCUT2D eigenvalue weighted by Crippen LogP contribution is -2.41. The maximum absolute atomic E-state index is 14.7. The SMILES string of the molecule is COc1cc2c(cc1Cc1cccc(C)c1F)CC(n1nn[nH]c1=O)=CN2[C@H](CO)C(C)C. The van der Waals surface area contributed by atoms with Crippen molar-refractivity contribution in [3.63, 3.8) is 0 Å². The van der Waals surface area contributed by atoms with Gasteiger partial charge >= 0.3 is 5.69 Å². The van der Waals surface area contributed by atoms with Gasteiger partial charge in [0.25, 0.3) is 0 Å². The van der Waals surface area contributed by atoms with Gasteiger partial charge < -0.3 is 14.7 Å². The first-order chi connectivity index (χ1) is 15.8. The fourth-order valence-corrected chi connectivity index (χ4v) is 4.31. The van der Waals surface area contributed by atoms with Gasteiger partial charge in [0, 0.05) is 30.8 Å². The summed E-state index contributed by atoms with van der Waals surface area (Å²) in [5, 5.41) is 19.9. The molecule has 0 unspecified atom stereocenters. The highest BCUT2D eigenvalue weighted by Gasteiger charge is 2.29. The average molecular weight is 454 g/mol. The topological polar surface area (TPSA) is 96.3 Å². The van der Waals surface area contributed by atoms with Gasteiger partial charge in [-0.15, -0.1) is 0 Å². The molecular formula is C24H28FN5O3. The zero-order valence-electron chi connectivity index (χ0n) is 19.2. The van der Waals surface area contributed by atoms with Crippen LogP contribution in [0.4, 0.5) is 10.1 Å². The fraction of sp³-hybridized carbons (Fsp3) is 0.375. The predicted molar refractivity (Wildman–Crippen MR) is 124 cm³/mol. The highest BCUT2D eigenvalue weighted by atomic mass is 19.1. The third kappa shape index (κ3) is 4.28. The number of aromatic amines is 1. The van der Waals surface area contributed by atoms with Crippen LogP contribution in [0.25, 0.3) is 5.70 Å². The maximum atomic E-state index is 14.7. The Kier molecular flexibility index (Phi) is 6.33. The number of nitrogens with one attached hydrogen (secondary N) is 1. The number of aliphatic hydroxyl groups excluding tert-OH is 1. The van der Waals surface area contributed by atoms with Gasteiger partial charge in [-0.25, -0.2) is 14.3 Å². The van der Waals surface area contributed by atoms with Gasteiger partial charge in [-0.2, -0.15) is 4.68 Å². The van der Waals surface area contributed by atoms with Crippen LogP contribution in [0.5, 0.6) is 5.75 Å². The molecule has 9 heteroatoms. The van der Waals surface area contributed by atoms with Crippen LogP contribution < -0.4 is 15.3 Å². The molecule has 33 heavy (non-hydrogen) atoms. The van der Waals surface area contributed by atoms with Gasteiger partial charge in [0.1, 0.15) is 11.6 Å². The number of halogens is 1. The number of H-pyrrole nitrogens is 1. The van der Waals surface area contributed by atoms with Crippen molar-refractivity contribution in [2.75, 3.05) is 18.6 Å². The molecule has 0 saturated heterocycles. The Balaban J connectivity index is 1.84. The number of aliphatic hydroxyl groups is 1. The van der Waals surface area contributed by atoms with E-state index in [-0.39, 0.29) is 24.4 Å². The van der Waals surface area contributed by atoms with Crippen LogP contribution >= 0.6 is 0 Å². The van der Waals surface area contributed by atoms with E-state index in [1.54, 1.807) is 26.2 Å². The summed E-state index contributed by atoms with van der Waals surface area (Å²) >= 11 is 0. The Labute approximate surface area is 191 Å².